The van der Waals surface area contributed by atoms with Crippen molar-refractivity contribution in [2.45, 2.75) is 11.8 Å². The predicted octanol–water partition coefficient (Wildman–Crippen LogP) is 4.23. The van der Waals surface area contributed by atoms with Crippen molar-refractivity contribution >= 4 is 23.4 Å². The molecule has 1 fully saturated rings. The van der Waals surface area contributed by atoms with Crippen LogP contribution in [0.25, 0.3) is 0 Å². The quantitative estimate of drug-likeness (QED) is 0.383. The van der Waals surface area contributed by atoms with E-state index in [1.807, 2.05) is 0 Å². The van der Waals surface area contributed by atoms with Gasteiger partial charge in [-0.3, -0.25) is 14.9 Å². The molecule has 7 nitrogen and oxygen atoms in total. The molecule has 2 aromatic rings. The minimum atomic E-state index is -0.431. The number of nitro benzene ring substituents is 1. The molecule has 1 atom stereocenters. The minimum absolute atomic E-state index is 0.0311. The van der Waals surface area contributed by atoms with E-state index in [4.69, 9.17) is 9.47 Å². The SMILES string of the molecule is C=CCc1cc(C(=O)N2CCSC2c2ccc([N+](=O)[O-])cc2)cc(OC)c1OC. The molecule has 8 heteroatoms. The van der Waals surface area contributed by atoms with Gasteiger partial charge in [0.05, 0.1) is 19.1 Å². The molecule has 1 aliphatic rings. The first-order valence-electron chi connectivity index (χ1n) is 9.02. The Balaban J connectivity index is 1.93. The van der Waals surface area contributed by atoms with Crippen LogP contribution in [0.15, 0.2) is 49.1 Å². The molecule has 0 saturated carbocycles. The van der Waals surface area contributed by atoms with Crippen molar-refractivity contribution in [2.75, 3.05) is 26.5 Å². The number of carbonyl (C=O) groups excluding carboxylic acids is 1. The molecule has 29 heavy (non-hydrogen) atoms. The highest BCUT2D eigenvalue weighted by Gasteiger charge is 2.32. The van der Waals surface area contributed by atoms with E-state index >= 15 is 0 Å². The number of methoxy groups -OCH3 is 2. The van der Waals surface area contributed by atoms with E-state index < -0.39 is 4.92 Å². The van der Waals surface area contributed by atoms with Crippen LogP contribution in [0.3, 0.4) is 0 Å². The molecule has 0 N–H and O–H groups in total. The van der Waals surface area contributed by atoms with Gasteiger partial charge in [-0.1, -0.05) is 6.08 Å². The smallest absolute Gasteiger partial charge is 0.269 e. The van der Waals surface area contributed by atoms with Gasteiger partial charge in [0.15, 0.2) is 11.5 Å². The molecular weight excluding hydrogens is 392 g/mol. The van der Waals surface area contributed by atoms with E-state index in [1.165, 1.54) is 19.2 Å². The second-order valence-corrected chi connectivity index (χ2v) is 7.62. The van der Waals surface area contributed by atoms with Gasteiger partial charge < -0.3 is 14.4 Å². The average molecular weight is 414 g/mol. The summed E-state index contributed by atoms with van der Waals surface area (Å²) in [6.45, 7) is 4.36. The fourth-order valence-corrected chi connectivity index (χ4v) is 4.61. The summed E-state index contributed by atoms with van der Waals surface area (Å²) in [4.78, 5) is 25.6. The topological polar surface area (TPSA) is 81.9 Å². The van der Waals surface area contributed by atoms with Gasteiger partial charge in [0.25, 0.3) is 11.6 Å². The first-order chi connectivity index (χ1) is 14.0. The van der Waals surface area contributed by atoms with Gasteiger partial charge in [0, 0.05) is 35.6 Å². The third kappa shape index (κ3) is 4.22. The van der Waals surface area contributed by atoms with Crippen molar-refractivity contribution in [1.29, 1.82) is 0 Å². The zero-order chi connectivity index (χ0) is 21.0. The molecule has 1 saturated heterocycles. The lowest BCUT2D eigenvalue weighted by atomic mass is 10.0. The van der Waals surface area contributed by atoms with Crippen LogP contribution in [-0.2, 0) is 6.42 Å². The molecule has 1 amide bonds. The second-order valence-electron chi connectivity index (χ2n) is 6.43. The van der Waals surface area contributed by atoms with Crippen LogP contribution < -0.4 is 9.47 Å². The molecule has 0 aliphatic carbocycles. The van der Waals surface area contributed by atoms with Crippen molar-refractivity contribution in [3.63, 3.8) is 0 Å². The highest BCUT2D eigenvalue weighted by Crippen LogP contribution is 2.40. The van der Waals surface area contributed by atoms with Gasteiger partial charge in [-0.2, -0.15) is 0 Å². The molecule has 1 unspecified atom stereocenters. The number of ether oxygens (including phenoxy) is 2. The standard InChI is InChI=1S/C21H22N2O5S/c1-4-5-15-12-16(13-18(27-2)19(15)28-3)20(24)22-10-11-29-21(22)14-6-8-17(9-7-14)23(25)26/h4,6-9,12-13,21H,1,5,10-11H2,2-3H3. The Morgan fingerprint density at radius 1 is 1.31 bits per heavy atom. The molecule has 1 aliphatic heterocycles. The Kier molecular flexibility index (Phi) is 6.43. The lowest BCUT2D eigenvalue weighted by molar-refractivity contribution is -0.384. The van der Waals surface area contributed by atoms with Gasteiger partial charge in [-0.05, 0) is 36.2 Å². The van der Waals surface area contributed by atoms with Crippen LogP contribution in [0, 0.1) is 10.1 Å². The number of hydrogen-bond acceptors (Lipinski definition) is 6. The zero-order valence-corrected chi connectivity index (χ0v) is 17.1. The van der Waals surface area contributed by atoms with E-state index in [0.29, 0.717) is 30.0 Å². The fraction of sp³-hybridized carbons (Fsp3) is 0.286. The zero-order valence-electron chi connectivity index (χ0n) is 16.3. The van der Waals surface area contributed by atoms with Crippen LogP contribution in [0.2, 0.25) is 0 Å². The first kappa shape index (κ1) is 20.7. The number of amides is 1. The number of benzene rings is 2. The first-order valence-corrected chi connectivity index (χ1v) is 10.1. The Morgan fingerprint density at radius 2 is 2.03 bits per heavy atom. The maximum absolute atomic E-state index is 13.3. The fourth-order valence-electron chi connectivity index (χ4n) is 3.35. The second kappa shape index (κ2) is 9.00. The Bertz CT molecular complexity index is 929. The number of non-ortho nitro benzene ring substituents is 1. The summed E-state index contributed by atoms with van der Waals surface area (Å²) < 4.78 is 10.9. The summed E-state index contributed by atoms with van der Waals surface area (Å²) in [6, 6.07) is 9.84. The predicted molar refractivity (Wildman–Crippen MR) is 113 cm³/mol. The summed E-state index contributed by atoms with van der Waals surface area (Å²) >= 11 is 1.64. The molecule has 0 radical (unpaired) electrons. The van der Waals surface area contributed by atoms with Crippen molar-refractivity contribution in [2.24, 2.45) is 0 Å². The van der Waals surface area contributed by atoms with Crippen molar-refractivity contribution in [3.05, 3.63) is 75.9 Å². The number of nitro groups is 1. The summed E-state index contributed by atoms with van der Waals surface area (Å²) in [6.07, 6.45) is 2.29. The van der Waals surface area contributed by atoms with E-state index in [2.05, 4.69) is 6.58 Å². The molecule has 0 aromatic heterocycles. The van der Waals surface area contributed by atoms with Crippen LogP contribution in [0.4, 0.5) is 5.69 Å². The monoisotopic (exact) mass is 414 g/mol. The Labute approximate surface area is 173 Å². The van der Waals surface area contributed by atoms with Crippen molar-refractivity contribution in [1.82, 2.24) is 4.90 Å². The summed E-state index contributed by atoms with van der Waals surface area (Å²) in [5.41, 5.74) is 2.22. The Hall–Kier alpha value is -3.00. The number of rotatable bonds is 7. The summed E-state index contributed by atoms with van der Waals surface area (Å²) in [5.74, 6) is 1.76. The Morgan fingerprint density at radius 3 is 2.62 bits per heavy atom. The van der Waals surface area contributed by atoms with E-state index in [0.717, 1.165) is 16.9 Å². The van der Waals surface area contributed by atoms with Gasteiger partial charge in [0.1, 0.15) is 5.37 Å². The van der Waals surface area contributed by atoms with Gasteiger partial charge in [0.2, 0.25) is 0 Å². The van der Waals surface area contributed by atoms with E-state index in [9.17, 15) is 14.9 Å². The highest BCUT2D eigenvalue weighted by molar-refractivity contribution is 7.99. The van der Waals surface area contributed by atoms with Crippen LogP contribution in [-0.4, -0.2) is 42.2 Å². The van der Waals surface area contributed by atoms with Crippen LogP contribution in [0.5, 0.6) is 11.5 Å². The molecule has 0 bridgehead atoms. The molecular formula is C21H22N2O5S. The van der Waals surface area contributed by atoms with Gasteiger partial charge in [-0.15, -0.1) is 18.3 Å². The third-order valence-corrected chi connectivity index (χ3v) is 5.97. The number of carbonyl (C=O) groups is 1. The number of allylic oxidation sites excluding steroid dienone is 1. The van der Waals surface area contributed by atoms with Crippen LogP contribution in [0.1, 0.15) is 26.9 Å². The maximum atomic E-state index is 13.3. The third-order valence-electron chi connectivity index (χ3n) is 4.71. The van der Waals surface area contributed by atoms with Gasteiger partial charge >= 0.3 is 0 Å². The number of nitrogens with zero attached hydrogens (tertiary/aromatic N) is 2. The maximum Gasteiger partial charge on any atom is 0.269 e. The summed E-state index contributed by atoms with van der Waals surface area (Å²) in [7, 11) is 3.10. The molecule has 2 aromatic carbocycles. The lowest BCUT2D eigenvalue weighted by Crippen LogP contribution is -2.30. The molecule has 0 spiro atoms. The molecule has 3 rings (SSSR count). The van der Waals surface area contributed by atoms with Crippen LogP contribution >= 0.6 is 11.8 Å². The largest absolute Gasteiger partial charge is 0.493 e. The number of hydrogen-bond donors (Lipinski definition) is 0. The van der Waals surface area contributed by atoms with E-state index in [1.54, 1.807) is 54.1 Å². The van der Waals surface area contributed by atoms with E-state index in [-0.39, 0.29) is 17.0 Å². The average Bonchev–Trinajstić information content (AvgIpc) is 3.22. The van der Waals surface area contributed by atoms with Gasteiger partial charge in [-0.25, -0.2) is 0 Å². The lowest BCUT2D eigenvalue weighted by Gasteiger charge is -2.25. The van der Waals surface area contributed by atoms with Crippen molar-refractivity contribution < 1.29 is 19.2 Å². The molecule has 152 valence electrons. The van der Waals surface area contributed by atoms with Crippen molar-refractivity contribution in [3.8, 4) is 11.5 Å². The molecule has 1 heterocycles. The normalized spacial score (nSPS) is 15.8. The summed E-state index contributed by atoms with van der Waals surface area (Å²) in [5, 5.41) is 10.7. The number of thioether (sulfide) groups is 1. The highest BCUT2D eigenvalue weighted by atomic mass is 32.2. The minimum Gasteiger partial charge on any atom is -0.493 e.